The van der Waals surface area contributed by atoms with Gasteiger partial charge in [-0.3, -0.25) is 4.79 Å². The van der Waals surface area contributed by atoms with Crippen molar-refractivity contribution in [2.45, 2.75) is 6.42 Å². The Balaban J connectivity index is 2.09. The number of hydrogen-bond donors (Lipinski definition) is 2. The molecule has 2 N–H and O–H groups in total. The second-order valence-electron chi connectivity index (χ2n) is 5.81. The summed E-state index contributed by atoms with van der Waals surface area (Å²) in [5, 5.41) is 19.0. The van der Waals surface area contributed by atoms with Crippen LogP contribution in [-0.2, 0) is 11.2 Å². The van der Waals surface area contributed by atoms with Gasteiger partial charge in [-0.05, 0) is 34.8 Å². The first kappa shape index (κ1) is 18.8. The maximum absolute atomic E-state index is 11.7. The third kappa shape index (κ3) is 5.78. The Morgan fingerprint density at radius 3 is 2.52 bits per heavy atom. The SMILES string of the molecule is CN(C)C(=O)/C=C/c1cc(OCCc2ccccc2)ccc1B(O)O. The molecule has 5 nitrogen and oxygen atoms in total. The molecule has 25 heavy (non-hydrogen) atoms. The van der Waals surface area contributed by atoms with Gasteiger partial charge < -0.3 is 19.7 Å². The van der Waals surface area contributed by atoms with E-state index < -0.39 is 7.12 Å². The summed E-state index contributed by atoms with van der Waals surface area (Å²) in [6.07, 6.45) is 3.71. The first-order valence-electron chi connectivity index (χ1n) is 8.03. The molecule has 2 aromatic carbocycles. The van der Waals surface area contributed by atoms with E-state index in [4.69, 9.17) is 4.74 Å². The van der Waals surface area contributed by atoms with E-state index in [2.05, 4.69) is 0 Å². The molecule has 0 radical (unpaired) electrons. The monoisotopic (exact) mass is 339 g/mol. The minimum atomic E-state index is -1.62. The third-order valence-corrected chi connectivity index (χ3v) is 3.68. The molecule has 0 saturated carbocycles. The second-order valence-corrected chi connectivity index (χ2v) is 5.81. The lowest BCUT2D eigenvalue weighted by Crippen LogP contribution is -2.32. The number of carbonyl (C=O) groups is 1. The number of likely N-dealkylation sites (N-methyl/N-ethyl adjacent to an activating group) is 1. The predicted molar refractivity (Wildman–Crippen MR) is 99.6 cm³/mol. The second kappa shape index (κ2) is 9.06. The van der Waals surface area contributed by atoms with E-state index in [0.29, 0.717) is 23.4 Å². The van der Waals surface area contributed by atoms with Gasteiger partial charge in [-0.1, -0.05) is 36.4 Å². The zero-order chi connectivity index (χ0) is 18.2. The number of amides is 1. The van der Waals surface area contributed by atoms with Crippen molar-refractivity contribution in [1.29, 1.82) is 0 Å². The lowest BCUT2D eigenvalue weighted by molar-refractivity contribution is -0.123. The van der Waals surface area contributed by atoms with Gasteiger partial charge in [-0.2, -0.15) is 0 Å². The molecule has 0 spiro atoms. The van der Waals surface area contributed by atoms with E-state index in [1.807, 2.05) is 30.3 Å². The number of hydrogen-bond acceptors (Lipinski definition) is 4. The molecule has 2 rings (SSSR count). The molecule has 1 amide bonds. The Morgan fingerprint density at radius 2 is 1.88 bits per heavy atom. The van der Waals surface area contributed by atoms with Gasteiger partial charge in [0.2, 0.25) is 5.91 Å². The predicted octanol–water partition coefficient (Wildman–Crippen LogP) is 1.09. The van der Waals surface area contributed by atoms with Gasteiger partial charge >= 0.3 is 7.12 Å². The van der Waals surface area contributed by atoms with Crippen molar-refractivity contribution in [1.82, 2.24) is 4.90 Å². The summed E-state index contributed by atoms with van der Waals surface area (Å²) in [6.45, 7) is 0.505. The maximum Gasteiger partial charge on any atom is 0.489 e. The first-order chi connectivity index (χ1) is 12.0. The summed E-state index contributed by atoms with van der Waals surface area (Å²) < 4.78 is 5.75. The summed E-state index contributed by atoms with van der Waals surface area (Å²) in [5.41, 5.74) is 2.03. The van der Waals surface area contributed by atoms with E-state index in [1.165, 1.54) is 16.5 Å². The van der Waals surface area contributed by atoms with Crippen molar-refractivity contribution in [3.8, 4) is 5.75 Å². The van der Waals surface area contributed by atoms with E-state index in [-0.39, 0.29) is 5.91 Å². The molecule has 0 unspecified atom stereocenters. The van der Waals surface area contributed by atoms with Crippen LogP contribution in [0.5, 0.6) is 5.75 Å². The molecule has 0 saturated heterocycles. The van der Waals surface area contributed by atoms with Crippen LogP contribution >= 0.6 is 0 Å². The molecule has 0 aliphatic rings. The minimum Gasteiger partial charge on any atom is -0.493 e. The fraction of sp³-hybridized carbons (Fsp3) is 0.211. The number of rotatable bonds is 7. The summed E-state index contributed by atoms with van der Waals surface area (Å²) in [6, 6.07) is 15.0. The van der Waals surface area contributed by atoms with E-state index in [0.717, 1.165) is 6.42 Å². The zero-order valence-corrected chi connectivity index (χ0v) is 14.4. The van der Waals surface area contributed by atoms with Gasteiger partial charge in [-0.15, -0.1) is 0 Å². The van der Waals surface area contributed by atoms with Crippen molar-refractivity contribution in [3.05, 3.63) is 65.7 Å². The number of carbonyl (C=O) groups excluding carboxylic acids is 1. The molecule has 0 aromatic heterocycles. The molecular weight excluding hydrogens is 317 g/mol. The Kier molecular flexibility index (Phi) is 6.80. The lowest BCUT2D eigenvalue weighted by atomic mass is 9.77. The van der Waals surface area contributed by atoms with Crippen molar-refractivity contribution < 1.29 is 19.6 Å². The third-order valence-electron chi connectivity index (χ3n) is 3.68. The Morgan fingerprint density at radius 1 is 1.16 bits per heavy atom. The highest BCUT2D eigenvalue weighted by Crippen LogP contribution is 2.14. The average molecular weight is 339 g/mol. The van der Waals surface area contributed by atoms with Crippen molar-refractivity contribution >= 4 is 24.6 Å². The largest absolute Gasteiger partial charge is 0.493 e. The van der Waals surface area contributed by atoms with Crippen LogP contribution < -0.4 is 10.2 Å². The fourth-order valence-corrected chi connectivity index (χ4v) is 2.26. The highest BCUT2D eigenvalue weighted by Gasteiger charge is 2.15. The molecular formula is C19H22BNO4. The first-order valence-corrected chi connectivity index (χ1v) is 8.03. The van der Waals surface area contributed by atoms with E-state index in [9.17, 15) is 14.8 Å². The summed E-state index contributed by atoms with van der Waals surface area (Å²) in [5.74, 6) is 0.422. The normalized spacial score (nSPS) is 10.7. The Hall–Kier alpha value is -2.57. The quantitative estimate of drug-likeness (QED) is 0.585. The number of nitrogens with zero attached hydrogens (tertiary/aromatic N) is 1. The highest BCUT2D eigenvalue weighted by atomic mass is 16.5. The Bertz CT molecular complexity index is 729. The Labute approximate surface area is 148 Å². The summed E-state index contributed by atoms with van der Waals surface area (Å²) in [7, 11) is 1.68. The highest BCUT2D eigenvalue weighted by molar-refractivity contribution is 6.59. The van der Waals surface area contributed by atoms with Gasteiger partial charge in [0.05, 0.1) is 6.61 Å². The van der Waals surface area contributed by atoms with Gasteiger partial charge in [0, 0.05) is 26.6 Å². The minimum absolute atomic E-state index is 0.186. The average Bonchev–Trinajstić information content (AvgIpc) is 2.60. The molecule has 0 aliphatic carbocycles. The fourth-order valence-electron chi connectivity index (χ4n) is 2.26. The van der Waals surface area contributed by atoms with Crippen LogP contribution in [-0.4, -0.2) is 48.7 Å². The van der Waals surface area contributed by atoms with Crippen LogP contribution in [0, 0.1) is 0 Å². The lowest BCUT2D eigenvalue weighted by Gasteiger charge is -2.11. The molecule has 0 bridgehead atoms. The summed E-state index contributed by atoms with van der Waals surface area (Å²) in [4.78, 5) is 13.1. The van der Waals surface area contributed by atoms with E-state index in [1.54, 1.807) is 38.4 Å². The molecule has 0 atom stereocenters. The van der Waals surface area contributed by atoms with Crippen molar-refractivity contribution in [2.24, 2.45) is 0 Å². The van der Waals surface area contributed by atoms with E-state index >= 15 is 0 Å². The maximum atomic E-state index is 11.7. The van der Waals surface area contributed by atoms with Crippen LogP contribution in [0.4, 0.5) is 0 Å². The molecule has 0 aliphatic heterocycles. The smallest absolute Gasteiger partial charge is 0.489 e. The number of ether oxygens (including phenoxy) is 1. The van der Waals surface area contributed by atoms with Crippen LogP contribution in [0.1, 0.15) is 11.1 Å². The van der Waals surface area contributed by atoms with Crippen LogP contribution in [0.15, 0.2) is 54.6 Å². The topological polar surface area (TPSA) is 70.0 Å². The summed E-state index contributed by atoms with van der Waals surface area (Å²) >= 11 is 0. The molecule has 0 fully saturated rings. The number of benzene rings is 2. The zero-order valence-electron chi connectivity index (χ0n) is 14.4. The standard InChI is InChI=1S/C19H22BNO4/c1-21(2)19(22)11-8-16-14-17(9-10-18(16)20(23)24)25-13-12-15-6-4-3-5-7-15/h3-11,14,23-24H,12-13H2,1-2H3/b11-8+. The van der Waals surface area contributed by atoms with Crippen LogP contribution in [0.2, 0.25) is 0 Å². The van der Waals surface area contributed by atoms with Gasteiger partial charge in [0.1, 0.15) is 5.75 Å². The van der Waals surface area contributed by atoms with Crippen molar-refractivity contribution in [3.63, 3.8) is 0 Å². The van der Waals surface area contributed by atoms with Crippen LogP contribution in [0.25, 0.3) is 6.08 Å². The molecule has 130 valence electrons. The molecule has 6 heteroatoms. The van der Waals surface area contributed by atoms with Gasteiger partial charge in [-0.25, -0.2) is 0 Å². The molecule has 2 aromatic rings. The van der Waals surface area contributed by atoms with Crippen LogP contribution in [0.3, 0.4) is 0 Å². The molecule has 0 heterocycles. The van der Waals surface area contributed by atoms with Gasteiger partial charge in [0.25, 0.3) is 0 Å². The van der Waals surface area contributed by atoms with Gasteiger partial charge in [0.15, 0.2) is 0 Å². The van der Waals surface area contributed by atoms with Crippen molar-refractivity contribution in [2.75, 3.05) is 20.7 Å².